The van der Waals surface area contributed by atoms with Crippen LogP contribution in [0.5, 0.6) is 0 Å². The minimum atomic E-state index is -0.281. The number of esters is 1. The molecular formula is C10H17N3O3. The topological polar surface area (TPSA) is 65.4 Å². The Hall–Kier alpha value is -1.40. The first-order valence-electron chi connectivity index (χ1n) is 5.03. The molecule has 1 N–H and O–H groups in total. The van der Waals surface area contributed by atoms with Gasteiger partial charge in [-0.2, -0.15) is 0 Å². The van der Waals surface area contributed by atoms with Gasteiger partial charge in [-0.05, 0) is 0 Å². The molecule has 0 atom stereocenters. The number of rotatable bonds is 7. The highest BCUT2D eigenvalue weighted by Crippen LogP contribution is 1.96. The zero-order chi connectivity index (χ0) is 11.8. The van der Waals surface area contributed by atoms with Crippen LogP contribution in [0, 0.1) is 0 Å². The number of hydrogen-bond acceptors (Lipinski definition) is 5. The van der Waals surface area contributed by atoms with Gasteiger partial charge in [-0.25, -0.2) is 4.98 Å². The molecule has 0 aliphatic rings. The second-order valence-corrected chi connectivity index (χ2v) is 3.28. The number of carbonyl (C=O) groups excluding carboxylic acids is 1. The van der Waals surface area contributed by atoms with Crippen molar-refractivity contribution in [1.82, 2.24) is 14.9 Å². The van der Waals surface area contributed by atoms with Crippen molar-refractivity contribution in [3.63, 3.8) is 0 Å². The summed E-state index contributed by atoms with van der Waals surface area (Å²) in [6.45, 7) is 2.31. The molecule has 0 bridgehead atoms. The van der Waals surface area contributed by atoms with Crippen LogP contribution in [-0.2, 0) is 27.4 Å². The maximum atomic E-state index is 11.0. The molecule has 0 aliphatic carbocycles. The normalized spacial score (nSPS) is 10.4. The number of methoxy groups -OCH3 is 2. The van der Waals surface area contributed by atoms with Crippen molar-refractivity contribution in [3.8, 4) is 0 Å². The summed E-state index contributed by atoms with van der Waals surface area (Å²) < 4.78 is 11.2. The molecule has 0 fully saturated rings. The van der Waals surface area contributed by atoms with E-state index in [2.05, 4.69) is 15.0 Å². The average molecular weight is 227 g/mol. The summed E-state index contributed by atoms with van der Waals surface area (Å²) in [6, 6.07) is 0. The van der Waals surface area contributed by atoms with Crippen molar-refractivity contribution in [2.75, 3.05) is 27.4 Å². The highest BCUT2D eigenvalue weighted by atomic mass is 16.5. The van der Waals surface area contributed by atoms with Crippen molar-refractivity contribution in [3.05, 3.63) is 18.2 Å². The lowest BCUT2D eigenvalue weighted by molar-refractivity contribution is -0.141. The van der Waals surface area contributed by atoms with E-state index in [1.807, 2.05) is 6.20 Å². The predicted molar refractivity (Wildman–Crippen MR) is 57.8 cm³/mol. The molecule has 0 amide bonds. The third-order valence-corrected chi connectivity index (χ3v) is 2.02. The van der Waals surface area contributed by atoms with E-state index in [1.54, 1.807) is 18.0 Å². The quantitative estimate of drug-likeness (QED) is 0.516. The molecule has 0 aromatic carbocycles. The number of hydrogen-bond donors (Lipinski definition) is 1. The lowest BCUT2D eigenvalue weighted by Crippen LogP contribution is -2.18. The number of imidazole rings is 1. The van der Waals surface area contributed by atoms with Crippen LogP contribution >= 0.6 is 0 Å². The maximum absolute atomic E-state index is 11.0. The van der Waals surface area contributed by atoms with Crippen molar-refractivity contribution in [2.24, 2.45) is 0 Å². The molecule has 0 saturated heterocycles. The van der Waals surface area contributed by atoms with Crippen molar-refractivity contribution >= 4 is 5.97 Å². The first-order chi connectivity index (χ1) is 7.76. The van der Waals surface area contributed by atoms with Crippen LogP contribution in [0.4, 0.5) is 0 Å². The molecule has 0 saturated carbocycles. The molecule has 1 aromatic heterocycles. The number of carbonyl (C=O) groups is 1. The summed E-state index contributed by atoms with van der Waals surface area (Å²) in [6.07, 6.45) is 3.43. The van der Waals surface area contributed by atoms with Crippen LogP contribution in [0.2, 0.25) is 0 Å². The van der Waals surface area contributed by atoms with Gasteiger partial charge in [0.2, 0.25) is 0 Å². The standard InChI is InChI=1S/C10H17N3O3/c1-15-4-3-11-5-9-6-13(8-12-9)7-10(14)16-2/h6,8,11H,3-5,7H2,1-2H3. The smallest absolute Gasteiger partial charge is 0.325 e. The third-order valence-electron chi connectivity index (χ3n) is 2.02. The molecule has 6 nitrogen and oxygen atoms in total. The van der Waals surface area contributed by atoms with E-state index in [-0.39, 0.29) is 12.5 Å². The molecule has 1 heterocycles. The van der Waals surface area contributed by atoms with Gasteiger partial charge in [-0.15, -0.1) is 0 Å². The van der Waals surface area contributed by atoms with Gasteiger partial charge in [0.15, 0.2) is 0 Å². The van der Waals surface area contributed by atoms with E-state index in [4.69, 9.17) is 4.74 Å². The minimum Gasteiger partial charge on any atom is -0.468 e. The van der Waals surface area contributed by atoms with Crippen LogP contribution < -0.4 is 5.32 Å². The van der Waals surface area contributed by atoms with Gasteiger partial charge in [0.05, 0.1) is 25.7 Å². The molecule has 0 radical (unpaired) electrons. The minimum absolute atomic E-state index is 0.196. The Labute approximate surface area is 94.6 Å². The molecule has 0 spiro atoms. The first-order valence-corrected chi connectivity index (χ1v) is 5.03. The molecular weight excluding hydrogens is 210 g/mol. The average Bonchev–Trinajstić information content (AvgIpc) is 2.72. The second kappa shape index (κ2) is 6.97. The van der Waals surface area contributed by atoms with Crippen molar-refractivity contribution < 1.29 is 14.3 Å². The second-order valence-electron chi connectivity index (χ2n) is 3.28. The molecule has 16 heavy (non-hydrogen) atoms. The van der Waals surface area contributed by atoms with Crippen LogP contribution in [0.3, 0.4) is 0 Å². The zero-order valence-corrected chi connectivity index (χ0v) is 9.60. The fourth-order valence-electron chi connectivity index (χ4n) is 1.19. The highest BCUT2D eigenvalue weighted by Gasteiger charge is 2.03. The molecule has 0 aliphatic heterocycles. The number of ether oxygens (including phenoxy) is 2. The van der Waals surface area contributed by atoms with E-state index in [1.165, 1.54) is 7.11 Å². The van der Waals surface area contributed by atoms with Crippen LogP contribution in [0.15, 0.2) is 12.5 Å². The van der Waals surface area contributed by atoms with Gasteiger partial charge in [0.1, 0.15) is 6.54 Å². The zero-order valence-electron chi connectivity index (χ0n) is 9.60. The summed E-state index contributed by atoms with van der Waals surface area (Å²) in [4.78, 5) is 15.1. The number of aromatic nitrogens is 2. The Morgan fingerprint density at radius 1 is 1.56 bits per heavy atom. The fraction of sp³-hybridized carbons (Fsp3) is 0.600. The summed E-state index contributed by atoms with van der Waals surface area (Å²) >= 11 is 0. The summed E-state index contributed by atoms with van der Waals surface area (Å²) in [5, 5.41) is 3.17. The summed E-state index contributed by atoms with van der Waals surface area (Å²) in [7, 11) is 3.03. The molecule has 1 aromatic rings. The SMILES string of the molecule is COCCNCc1cn(CC(=O)OC)cn1. The van der Waals surface area contributed by atoms with Crippen LogP contribution in [0.1, 0.15) is 5.69 Å². The highest BCUT2D eigenvalue weighted by molar-refractivity contribution is 5.68. The Morgan fingerprint density at radius 3 is 3.06 bits per heavy atom. The van der Waals surface area contributed by atoms with Gasteiger partial charge in [-0.3, -0.25) is 4.79 Å². The van der Waals surface area contributed by atoms with Crippen molar-refractivity contribution in [2.45, 2.75) is 13.1 Å². The van der Waals surface area contributed by atoms with Crippen LogP contribution in [-0.4, -0.2) is 42.9 Å². The Balaban J connectivity index is 2.30. The molecule has 90 valence electrons. The van der Waals surface area contributed by atoms with Gasteiger partial charge < -0.3 is 19.4 Å². The Morgan fingerprint density at radius 2 is 2.38 bits per heavy atom. The van der Waals surface area contributed by atoms with E-state index in [0.717, 1.165) is 12.2 Å². The van der Waals surface area contributed by atoms with Gasteiger partial charge >= 0.3 is 5.97 Å². The maximum Gasteiger partial charge on any atom is 0.325 e. The van der Waals surface area contributed by atoms with Crippen molar-refractivity contribution in [1.29, 1.82) is 0 Å². The summed E-state index contributed by atoms with van der Waals surface area (Å²) in [5.74, 6) is -0.281. The van der Waals surface area contributed by atoms with Gasteiger partial charge in [0, 0.05) is 26.4 Å². The van der Waals surface area contributed by atoms with E-state index in [0.29, 0.717) is 13.2 Å². The van der Waals surface area contributed by atoms with E-state index >= 15 is 0 Å². The van der Waals surface area contributed by atoms with Crippen LogP contribution in [0.25, 0.3) is 0 Å². The number of nitrogens with one attached hydrogen (secondary N) is 1. The lowest BCUT2D eigenvalue weighted by atomic mass is 10.4. The first kappa shape index (κ1) is 12.7. The van der Waals surface area contributed by atoms with E-state index in [9.17, 15) is 4.79 Å². The molecule has 6 heteroatoms. The largest absolute Gasteiger partial charge is 0.468 e. The monoisotopic (exact) mass is 227 g/mol. The number of nitrogens with zero attached hydrogens (tertiary/aromatic N) is 2. The fourth-order valence-corrected chi connectivity index (χ4v) is 1.19. The Kier molecular flexibility index (Phi) is 5.52. The summed E-state index contributed by atoms with van der Waals surface area (Å²) in [5.41, 5.74) is 0.889. The van der Waals surface area contributed by atoms with Gasteiger partial charge in [0.25, 0.3) is 0 Å². The van der Waals surface area contributed by atoms with Gasteiger partial charge in [-0.1, -0.05) is 0 Å². The third kappa shape index (κ3) is 4.41. The Bertz CT molecular complexity index is 325. The molecule has 0 unspecified atom stereocenters. The molecule has 1 rings (SSSR count). The predicted octanol–water partition coefficient (Wildman–Crippen LogP) is -0.208. The van der Waals surface area contributed by atoms with E-state index < -0.39 is 0 Å². The lowest BCUT2D eigenvalue weighted by Gasteiger charge is -2.01.